The lowest BCUT2D eigenvalue weighted by atomic mass is 10.0. The highest BCUT2D eigenvalue weighted by atomic mass is 16.2. The molecule has 0 radical (unpaired) electrons. The van der Waals surface area contributed by atoms with Crippen molar-refractivity contribution in [1.29, 1.82) is 0 Å². The van der Waals surface area contributed by atoms with Gasteiger partial charge in [0.1, 0.15) is 0 Å². The van der Waals surface area contributed by atoms with Crippen LogP contribution in [-0.4, -0.2) is 78.0 Å². The van der Waals surface area contributed by atoms with Gasteiger partial charge in [-0.2, -0.15) is 0 Å². The molecule has 3 aliphatic rings. The zero-order chi connectivity index (χ0) is 19.5. The molecule has 2 unspecified atom stereocenters. The molecular formula is C21H31N5O2. The van der Waals surface area contributed by atoms with Gasteiger partial charge in [-0.3, -0.25) is 19.5 Å². The molecule has 3 saturated heterocycles. The monoisotopic (exact) mass is 385 g/mol. The predicted molar refractivity (Wildman–Crippen MR) is 108 cm³/mol. The summed E-state index contributed by atoms with van der Waals surface area (Å²) in [6.07, 6.45) is 7.38. The summed E-state index contributed by atoms with van der Waals surface area (Å²) < 4.78 is 0. The van der Waals surface area contributed by atoms with Crippen molar-refractivity contribution in [3.63, 3.8) is 0 Å². The third-order valence-electron chi connectivity index (χ3n) is 6.58. The molecule has 28 heavy (non-hydrogen) atoms. The van der Waals surface area contributed by atoms with Gasteiger partial charge in [-0.15, -0.1) is 0 Å². The number of hydrogen-bond acceptors (Lipinski definition) is 5. The molecule has 0 aromatic carbocycles. The maximum Gasteiger partial charge on any atom is 0.236 e. The molecule has 2 amide bonds. The van der Waals surface area contributed by atoms with Gasteiger partial charge in [0.05, 0.1) is 12.5 Å². The van der Waals surface area contributed by atoms with Crippen LogP contribution in [0.4, 0.5) is 5.69 Å². The van der Waals surface area contributed by atoms with E-state index < -0.39 is 0 Å². The van der Waals surface area contributed by atoms with Crippen molar-refractivity contribution in [2.75, 3.05) is 44.2 Å². The minimum Gasteiger partial charge on any atom is -0.371 e. The maximum absolute atomic E-state index is 12.7. The van der Waals surface area contributed by atoms with E-state index in [1.54, 1.807) is 12.4 Å². The molecule has 1 aromatic rings. The summed E-state index contributed by atoms with van der Waals surface area (Å²) in [5.74, 6) is 0.441. The lowest BCUT2D eigenvalue weighted by molar-refractivity contribution is -0.135. The Morgan fingerprint density at radius 2 is 1.82 bits per heavy atom. The molecule has 0 bridgehead atoms. The zero-order valence-electron chi connectivity index (χ0n) is 16.7. The molecule has 2 atom stereocenters. The van der Waals surface area contributed by atoms with Crippen molar-refractivity contribution in [2.24, 2.45) is 5.92 Å². The Bertz CT molecular complexity index is 689. The molecule has 7 heteroatoms. The number of carbonyl (C=O) groups is 2. The van der Waals surface area contributed by atoms with Gasteiger partial charge in [0.15, 0.2) is 0 Å². The SMILES string of the molecule is CC1CCN1CC(=O)N1CCC(NC(=O)C2CCN(c3ccncc3)C2)CC1. The Hall–Kier alpha value is -2.15. The van der Waals surface area contributed by atoms with Gasteiger partial charge in [-0.25, -0.2) is 0 Å². The molecule has 4 heterocycles. The van der Waals surface area contributed by atoms with Gasteiger partial charge in [0.25, 0.3) is 0 Å². The molecule has 3 aliphatic heterocycles. The van der Waals surface area contributed by atoms with Crippen LogP contribution in [0.5, 0.6) is 0 Å². The standard InChI is InChI=1S/C21H31N5O2/c1-16-4-10-25(16)15-20(27)24-12-6-18(7-13-24)23-21(28)17-5-11-26(14-17)19-2-8-22-9-3-19/h2-3,8-9,16-18H,4-7,10-15H2,1H3,(H,23,28). The van der Waals surface area contributed by atoms with Crippen LogP contribution in [0.3, 0.4) is 0 Å². The van der Waals surface area contributed by atoms with E-state index in [9.17, 15) is 9.59 Å². The summed E-state index contributed by atoms with van der Waals surface area (Å²) >= 11 is 0. The first-order valence-corrected chi connectivity index (χ1v) is 10.6. The maximum atomic E-state index is 12.7. The second-order valence-electron chi connectivity index (χ2n) is 8.41. The average molecular weight is 386 g/mol. The number of nitrogens with zero attached hydrogens (tertiary/aromatic N) is 4. The van der Waals surface area contributed by atoms with Crippen LogP contribution >= 0.6 is 0 Å². The molecule has 152 valence electrons. The van der Waals surface area contributed by atoms with Gasteiger partial charge >= 0.3 is 0 Å². The van der Waals surface area contributed by atoms with E-state index in [1.807, 2.05) is 17.0 Å². The highest BCUT2D eigenvalue weighted by molar-refractivity contribution is 5.81. The Balaban J connectivity index is 1.19. The van der Waals surface area contributed by atoms with E-state index in [4.69, 9.17) is 0 Å². The first-order valence-electron chi connectivity index (χ1n) is 10.6. The number of carbonyl (C=O) groups excluding carboxylic acids is 2. The molecule has 0 spiro atoms. The number of aromatic nitrogens is 1. The Labute approximate surface area is 167 Å². The van der Waals surface area contributed by atoms with Gasteiger partial charge in [0.2, 0.25) is 11.8 Å². The van der Waals surface area contributed by atoms with E-state index in [-0.39, 0.29) is 23.8 Å². The van der Waals surface area contributed by atoms with Crippen LogP contribution in [0.1, 0.15) is 32.6 Å². The second-order valence-corrected chi connectivity index (χ2v) is 8.41. The van der Waals surface area contributed by atoms with Gasteiger partial charge < -0.3 is 15.1 Å². The van der Waals surface area contributed by atoms with Crippen molar-refractivity contribution in [1.82, 2.24) is 20.1 Å². The van der Waals surface area contributed by atoms with E-state index in [0.29, 0.717) is 12.6 Å². The molecule has 0 aliphatic carbocycles. The van der Waals surface area contributed by atoms with Crippen LogP contribution in [0.15, 0.2) is 24.5 Å². The molecular weight excluding hydrogens is 354 g/mol. The minimum atomic E-state index is 0.0423. The minimum absolute atomic E-state index is 0.0423. The molecule has 1 aromatic heterocycles. The number of likely N-dealkylation sites (tertiary alicyclic amines) is 2. The van der Waals surface area contributed by atoms with Crippen molar-refractivity contribution in [2.45, 2.75) is 44.7 Å². The van der Waals surface area contributed by atoms with Crippen molar-refractivity contribution in [3.8, 4) is 0 Å². The summed E-state index contributed by atoms with van der Waals surface area (Å²) in [5, 5.41) is 3.24. The van der Waals surface area contributed by atoms with Crippen molar-refractivity contribution >= 4 is 17.5 Å². The first-order chi connectivity index (χ1) is 13.6. The normalized spacial score (nSPS) is 26.2. The van der Waals surface area contributed by atoms with Crippen molar-refractivity contribution in [3.05, 3.63) is 24.5 Å². The number of piperidine rings is 1. The van der Waals surface area contributed by atoms with E-state index >= 15 is 0 Å². The summed E-state index contributed by atoms with van der Waals surface area (Å²) in [6, 6.07) is 4.72. The number of pyridine rings is 1. The number of nitrogens with one attached hydrogen (secondary N) is 1. The fourth-order valence-corrected chi connectivity index (χ4v) is 4.43. The fourth-order valence-electron chi connectivity index (χ4n) is 4.43. The number of hydrogen-bond donors (Lipinski definition) is 1. The van der Waals surface area contributed by atoms with Crippen LogP contribution in [0.25, 0.3) is 0 Å². The summed E-state index contributed by atoms with van der Waals surface area (Å²) in [4.78, 5) is 35.7. The van der Waals surface area contributed by atoms with Gasteiger partial charge in [-0.1, -0.05) is 0 Å². The van der Waals surface area contributed by atoms with E-state index in [0.717, 1.165) is 57.7 Å². The average Bonchev–Trinajstić information content (AvgIpc) is 3.22. The molecule has 4 rings (SSSR count). The van der Waals surface area contributed by atoms with E-state index in [1.165, 1.54) is 6.42 Å². The quantitative estimate of drug-likeness (QED) is 0.822. The first kappa shape index (κ1) is 19.2. The number of anilines is 1. The van der Waals surface area contributed by atoms with Gasteiger partial charge in [0, 0.05) is 62.9 Å². The molecule has 1 N–H and O–H groups in total. The van der Waals surface area contributed by atoms with Crippen molar-refractivity contribution < 1.29 is 9.59 Å². The number of rotatable bonds is 5. The smallest absolute Gasteiger partial charge is 0.236 e. The third kappa shape index (κ3) is 4.29. The third-order valence-corrected chi connectivity index (χ3v) is 6.58. The lowest BCUT2D eigenvalue weighted by Gasteiger charge is -2.40. The van der Waals surface area contributed by atoms with E-state index in [2.05, 4.69) is 27.0 Å². The lowest BCUT2D eigenvalue weighted by Crippen LogP contribution is -2.53. The van der Waals surface area contributed by atoms with Gasteiger partial charge in [-0.05, 0) is 44.7 Å². The van der Waals surface area contributed by atoms with Crippen LogP contribution in [0.2, 0.25) is 0 Å². The Morgan fingerprint density at radius 3 is 2.46 bits per heavy atom. The fraction of sp³-hybridized carbons (Fsp3) is 0.667. The second kappa shape index (κ2) is 8.47. The largest absolute Gasteiger partial charge is 0.371 e. The molecule has 7 nitrogen and oxygen atoms in total. The molecule has 3 fully saturated rings. The van der Waals surface area contributed by atoms with Crippen LogP contribution in [0, 0.1) is 5.92 Å². The topological polar surface area (TPSA) is 68.8 Å². The summed E-state index contributed by atoms with van der Waals surface area (Å²) in [6.45, 7) is 6.94. The number of amides is 2. The van der Waals surface area contributed by atoms with Crippen LogP contribution in [-0.2, 0) is 9.59 Å². The molecule has 0 saturated carbocycles. The highest BCUT2D eigenvalue weighted by Crippen LogP contribution is 2.24. The summed E-state index contributed by atoms with van der Waals surface area (Å²) in [5.41, 5.74) is 1.13. The summed E-state index contributed by atoms with van der Waals surface area (Å²) in [7, 11) is 0. The van der Waals surface area contributed by atoms with Crippen LogP contribution < -0.4 is 10.2 Å². The highest BCUT2D eigenvalue weighted by Gasteiger charge is 2.32. The predicted octanol–water partition coefficient (Wildman–Crippen LogP) is 1.11. The zero-order valence-corrected chi connectivity index (χ0v) is 16.7. The Kier molecular flexibility index (Phi) is 5.80. The Morgan fingerprint density at radius 1 is 1.07 bits per heavy atom.